The Bertz CT molecular complexity index is 587. The smallest absolute Gasteiger partial charge is 0.371 e. The molecule has 4 nitrogen and oxygen atoms in total. The van der Waals surface area contributed by atoms with Crippen LogP contribution in [0.15, 0.2) is 40.8 Å². The third-order valence-electron chi connectivity index (χ3n) is 3.36. The fraction of sp³-hybridized carbons (Fsp3) is 0.214. The highest BCUT2D eigenvalue weighted by atomic mass is 16.4. The zero-order chi connectivity index (χ0) is 12.8. The Morgan fingerprint density at radius 1 is 1.11 bits per heavy atom. The summed E-state index contributed by atoms with van der Waals surface area (Å²) >= 11 is 0. The third-order valence-corrected chi connectivity index (χ3v) is 3.36. The van der Waals surface area contributed by atoms with Crippen molar-refractivity contribution in [3.05, 3.63) is 59.0 Å². The number of fused-ring (bicyclic) bond motifs is 1. The highest BCUT2D eigenvalue weighted by Crippen LogP contribution is 2.38. The molecule has 0 atom stereocenters. The summed E-state index contributed by atoms with van der Waals surface area (Å²) in [6, 6.07) is 10.7. The predicted molar refractivity (Wildman–Crippen MR) is 63.4 cm³/mol. The van der Waals surface area contributed by atoms with Crippen molar-refractivity contribution >= 4 is 5.97 Å². The van der Waals surface area contributed by atoms with Crippen LogP contribution in [0, 0.1) is 0 Å². The predicted octanol–water partition coefficient (Wildman–Crippen LogP) is 1.96. The van der Waals surface area contributed by atoms with Gasteiger partial charge in [0.1, 0.15) is 11.4 Å². The van der Waals surface area contributed by atoms with Crippen LogP contribution in [0.5, 0.6) is 0 Å². The molecule has 92 valence electrons. The molecule has 0 saturated heterocycles. The van der Waals surface area contributed by atoms with Gasteiger partial charge in [-0.15, -0.1) is 0 Å². The molecule has 2 aromatic rings. The van der Waals surface area contributed by atoms with Gasteiger partial charge in [0, 0.05) is 12.8 Å². The summed E-state index contributed by atoms with van der Waals surface area (Å²) in [7, 11) is 0. The first-order chi connectivity index (χ1) is 8.58. The largest absolute Gasteiger partial charge is 0.475 e. The Morgan fingerprint density at radius 3 is 2.22 bits per heavy atom. The molecule has 1 aliphatic carbocycles. The Hall–Kier alpha value is -2.07. The lowest BCUT2D eigenvalue weighted by atomic mass is 9.97. The molecular formula is C14H12O4. The lowest BCUT2D eigenvalue weighted by molar-refractivity contribution is 0.0233. The van der Waals surface area contributed by atoms with Gasteiger partial charge < -0.3 is 14.6 Å². The van der Waals surface area contributed by atoms with E-state index in [9.17, 15) is 9.90 Å². The summed E-state index contributed by atoms with van der Waals surface area (Å²) in [5, 5.41) is 19.4. The van der Waals surface area contributed by atoms with Gasteiger partial charge in [0.15, 0.2) is 0 Å². The van der Waals surface area contributed by atoms with Gasteiger partial charge in [-0.05, 0) is 23.3 Å². The summed E-state index contributed by atoms with van der Waals surface area (Å²) in [4.78, 5) is 10.8. The summed E-state index contributed by atoms with van der Waals surface area (Å²) in [6.45, 7) is 0. The number of rotatable bonds is 2. The molecule has 2 N–H and O–H groups in total. The first kappa shape index (κ1) is 11.0. The molecule has 0 saturated carbocycles. The molecular weight excluding hydrogens is 232 g/mol. The zero-order valence-electron chi connectivity index (χ0n) is 9.59. The molecule has 0 bridgehead atoms. The van der Waals surface area contributed by atoms with E-state index in [2.05, 4.69) is 0 Å². The first-order valence-electron chi connectivity index (χ1n) is 5.71. The second kappa shape index (κ2) is 3.71. The van der Waals surface area contributed by atoms with Crippen LogP contribution in [0.3, 0.4) is 0 Å². The zero-order valence-corrected chi connectivity index (χ0v) is 9.59. The van der Waals surface area contributed by atoms with E-state index in [-0.39, 0.29) is 5.76 Å². The van der Waals surface area contributed by atoms with Crippen molar-refractivity contribution in [2.75, 3.05) is 0 Å². The number of carboxylic acid groups (broad SMARTS) is 1. The molecule has 4 heteroatoms. The fourth-order valence-electron chi connectivity index (χ4n) is 2.47. The van der Waals surface area contributed by atoms with Gasteiger partial charge in [-0.2, -0.15) is 0 Å². The monoisotopic (exact) mass is 244 g/mol. The van der Waals surface area contributed by atoms with Crippen LogP contribution in [0.2, 0.25) is 0 Å². The summed E-state index contributed by atoms with van der Waals surface area (Å²) in [6.07, 6.45) is 0.908. The van der Waals surface area contributed by atoms with Crippen LogP contribution in [-0.2, 0) is 18.4 Å². The van der Waals surface area contributed by atoms with Crippen LogP contribution in [0.1, 0.15) is 27.4 Å². The van der Waals surface area contributed by atoms with Gasteiger partial charge in [-0.25, -0.2) is 4.79 Å². The number of aromatic carboxylic acids is 1. The maximum absolute atomic E-state index is 10.8. The molecule has 1 heterocycles. The van der Waals surface area contributed by atoms with E-state index in [1.54, 1.807) is 0 Å². The molecule has 0 spiro atoms. The lowest BCUT2D eigenvalue weighted by Crippen LogP contribution is -2.25. The van der Waals surface area contributed by atoms with Crippen LogP contribution in [0.4, 0.5) is 0 Å². The van der Waals surface area contributed by atoms with E-state index in [1.807, 2.05) is 24.3 Å². The fourth-order valence-corrected chi connectivity index (χ4v) is 2.47. The minimum atomic E-state index is -1.13. The van der Waals surface area contributed by atoms with Gasteiger partial charge in [0.05, 0.1) is 0 Å². The SMILES string of the molecule is O=C(O)c1ccc(C2(O)Cc3ccccc3C2)o1. The third kappa shape index (κ3) is 1.62. The number of carbonyl (C=O) groups is 1. The van der Waals surface area contributed by atoms with Crippen LogP contribution in [-0.4, -0.2) is 16.2 Å². The van der Waals surface area contributed by atoms with Crippen molar-refractivity contribution in [2.24, 2.45) is 0 Å². The van der Waals surface area contributed by atoms with Crippen LogP contribution >= 0.6 is 0 Å². The van der Waals surface area contributed by atoms with E-state index >= 15 is 0 Å². The van der Waals surface area contributed by atoms with E-state index in [4.69, 9.17) is 9.52 Å². The van der Waals surface area contributed by atoms with E-state index in [1.165, 1.54) is 12.1 Å². The molecule has 3 rings (SSSR count). The Morgan fingerprint density at radius 2 is 1.72 bits per heavy atom. The Balaban J connectivity index is 1.96. The van der Waals surface area contributed by atoms with Crippen molar-refractivity contribution in [3.63, 3.8) is 0 Å². The average Bonchev–Trinajstić information content (AvgIpc) is 2.92. The van der Waals surface area contributed by atoms with Crippen LogP contribution in [0.25, 0.3) is 0 Å². The van der Waals surface area contributed by atoms with E-state index in [0.29, 0.717) is 18.6 Å². The number of carboxylic acids is 1. The minimum Gasteiger partial charge on any atom is -0.475 e. The van der Waals surface area contributed by atoms with Crippen molar-refractivity contribution < 1.29 is 19.4 Å². The molecule has 0 radical (unpaired) electrons. The molecule has 18 heavy (non-hydrogen) atoms. The van der Waals surface area contributed by atoms with Crippen molar-refractivity contribution in [3.8, 4) is 0 Å². The van der Waals surface area contributed by atoms with Crippen molar-refractivity contribution in [1.29, 1.82) is 0 Å². The van der Waals surface area contributed by atoms with Gasteiger partial charge in [-0.1, -0.05) is 24.3 Å². The summed E-state index contributed by atoms with van der Waals surface area (Å²) in [5.41, 5.74) is 1.03. The topological polar surface area (TPSA) is 70.7 Å². The molecule has 0 aliphatic heterocycles. The lowest BCUT2D eigenvalue weighted by Gasteiger charge is -2.18. The van der Waals surface area contributed by atoms with Gasteiger partial charge in [0.2, 0.25) is 5.76 Å². The molecule has 1 aliphatic rings. The highest BCUT2D eigenvalue weighted by Gasteiger charge is 2.39. The van der Waals surface area contributed by atoms with Crippen molar-refractivity contribution in [1.82, 2.24) is 0 Å². The minimum absolute atomic E-state index is 0.144. The quantitative estimate of drug-likeness (QED) is 0.847. The number of benzene rings is 1. The summed E-state index contributed by atoms with van der Waals surface area (Å²) in [5.74, 6) is -0.953. The van der Waals surface area contributed by atoms with Gasteiger partial charge in [0.25, 0.3) is 0 Å². The van der Waals surface area contributed by atoms with Gasteiger partial charge in [-0.3, -0.25) is 0 Å². The van der Waals surface area contributed by atoms with E-state index < -0.39 is 11.6 Å². The normalized spacial score (nSPS) is 16.5. The number of aliphatic hydroxyl groups is 1. The second-order valence-electron chi connectivity index (χ2n) is 4.62. The van der Waals surface area contributed by atoms with Gasteiger partial charge >= 0.3 is 5.97 Å². The van der Waals surface area contributed by atoms with Crippen LogP contribution < -0.4 is 0 Å². The second-order valence-corrected chi connectivity index (χ2v) is 4.62. The molecule has 1 aromatic carbocycles. The molecule has 1 aromatic heterocycles. The Kier molecular flexibility index (Phi) is 2.28. The number of hydrogen-bond donors (Lipinski definition) is 2. The molecule has 0 amide bonds. The standard InChI is InChI=1S/C14H12O4/c15-13(16)11-5-6-12(18-11)14(17)7-9-3-1-2-4-10(9)8-14/h1-6,17H,7-8H2,(H,15,16). The van der Waals surface area contributed by atoms with Crippen molar-refractivity contribution in [2.45, 2.75) is 18.4 Å². The Labute approximate surface area is 103 Å². The maximum Gasteiger partial charge on any atom is 0.371 e. The maximum atomic E-state index is 10.8. The average molecular weight is 244 g/mol. The summed E-state index contributed by atoms with van der Waals surface area (Å²) < 4.78 is 5.21. The molecule has 0 unspecified atom stereocenters. The van der Waals surface area contributed by atoms with E-state index in [0.717, 1.165) is 11.1 Å². The first-order valence-corrected chi connectivity index (χ1v) is 5.71. The molecule has 0 fully saturated rings. The highest BCUT2D eigenvalue weighted by molar-refractivity contribution is 5.84. The number of furan rings is 1. The number of hydrogen-bond acceptors (Lipinski definition) is 3.